The van der Waals surface area contributed by atoms with Crippen LogP contribution < -0.4 is 4.74 Å². The highest BCUT2D eigenvalue weighted by atomic mass is 16.5. The van der Waals surface area contributed by atoms with E-state index in [-0.39, 0.29) is 12.2 Å². The van der Waals surface area contributed by atoms with Crippen molar-refractivity contribution in [3.63, 3.8) is 0 Å². The predicted molar refractivity (Wildman–Crippen MR) is 56.8 cm³/mol. The molecule has 0 fully saturated rings. The van der Waals surface area contributed by atoms with Crippen molar-refractivity contribution < 1.29 is 19.4 Å². The van der Waals surface area contributed by atoms with Gasteiger partial charge in [-0.05, 0) is 24.1 Å². The van der Waals surface area contributed by atoms with Gasteiger partial charge in [-0.15, -0.1) is 0 Å². The molecule has 1 N–H and O–H groups in total. The maximum absolute atomic E-state index is 11.6. The lowest BCUT2D eigenvalue weighted by Crippen LogP contribution is -2.03. The Morgan fingerprint density at radius 1 is 1.44 bits per heavy atom. The molecule has 1 aromatic rings. The molecule has 0 amide bonds. The van der Waals surface area contributed by atoms with Gasteiger partial charge in [0, 0.05) is 6.42 Å². The van der Waals surface area contributed by atoms with Crippen LogP contribution in [0.15, 0.2) is 18.2 Å². The van der Waals surface area contributed by atoms with Gasteiger partial charge in [-0.3, -0.25) is 9.59 Å². The van der Waals surface area contributed by atoms with Gasteiger partial charge < -0.3 is 9.84 Å². The Hall–Kier alpha value is -1.84. The molecule has 84 valence electrons. The van der Waals surface area contributed by atoms with Crippen molar-refractivity contribution in [3.8, 4) is 5.75 Å². The summed E-state index contributed by atoms with van der Waals surface area (Å²) in [5.41, 5.74) is 1.22. The van der Waals surface area contributed by atoms with E-state index < -0.39 is 5.97 Å². The van der Waals surface area contributed by atoms with Crippen LogP contribution in [0.4, 0.5) is 0 Å². The molecule has 16 heavy (non-hydrogen) atoms. The fraction of sp³-hybridized carbons (Fsp3) is 0.333. The van der Waals surface area contributed by atoms with E-state index in [0.29, 0.717) is 36.3 Å². The number of benzene rings is 1. The van der Waals surface area contributed by atoms with Crippen LogP contribution in [0.2, 0.25) is 0 Å². The largest absolute Gasteiger partial charge is 0.493 e. The van der Waals surface area contributed by atoms with Crippen molar-refractivity contribution in [2.24, 2.45) is 0 Å². The van der Waals surface area contributed by atoms with Gasteiger partial charge in [0.2, 0.25) is 0 Å². The summed E-state index contributed by atoms with van der Waals surface area (Å²) in [5.74, 6) is -0.310. The third kappa shape index (κ3) is 2.21. The zero-order valence-corrected chi connectivity index (χ0v) is 8.73. The molecule has 0 spiro atoms. The van der Waals surface area contributed by atoms with Crippen LogP contribution in [0.3, 0.4) is 0 Å². The summed E-state index contributed by atoms with van der Waals surface area (Å²) in [4.78, 5) is 22.2. The second kappa shape index (κ2) is 4.35. The minimum atomic E-state index is -0.889. The van der Waals surface area contributed by atoms with Crippen LogP contribution >= 0.6 is 0 Å². The summed E-state index contributed by atoms with van der Waals surface area (Å²) < 4.78 is 5.43. The number of aliphatic carboxylic acids is 1. The number of carbonyl (C=O) groups excluding carboxylic acids is 1. The van der Waals surface area contributed by atoms with E-state index in [1.54, 1.807) is 18.2 Å². The lowest BCUT2D eigenvalue weighted by Gasteiger charge is -2.07. The van der Waals surface area contributed by atoms with Crippen LogP contribution in [-0.4, -0.2) is 23.5 Å². The van der Waals surface area contributed by atoms with Crippen molar-refractivity contribution in [1.29, 1.82) is 0 Å². The zero-order valence-electron chi connectivity index (χ0n) is 8.73. The summed E-state index contributed by atoms with van der Waals surface area (Å²) >= 11 is 0. The van der Waals surface area contributed by atoms with Gasteiger partial charge in [-0.25, -0.2) is 0 Å². The number of hydrogen-bond acceptors (Lipinski definition) is 3. The first-order valence-electron chi connectivity index (χ1n) is 5.17. The number of ketones is 1. The molecule has 0 bridgehead atoms. The van der Waals surface area contributed by atoms with Gasteiger partial charge in [0.1, 0.15) is 5.75 Å². The Balaban J connectivity index is 2.33. The third-order valence-corrected chi connectivity index (χ3v) is 2.51. The number of ether oxygens (including phenoxy) is 1. The molecule has 1 heterocycles. The monoisotopic (exact) mass is 220 g/mol. The molecule has 4 nitrogen and oxygen atoms in total. The maximum Gasteiger partial charge on any atom is 0.307 e. The standard InChI is InChI=1S/C12H12O4/c13-10-2-1-5-16-11-6-8(7-12(14)15)3-4-9(10)11/h3-4,6H,1-2,5,7H2,(H,14,15). The Morgan fingerprint density at radius 3 is 3.00 bits per heavy atom. The fourth-order valence-electron chi connectivity index (χ4n) is 1.75. The minimum absolute atomic E-state index is 0.0508. The Morgan fingerprint density at radius 2 is 2.25 bits per heavy atom. The number of carboxylic acid groups (broad SMARTS) is 1. The van der Waals surface area contributed by atoms with Gasteiger partial charge in [-0.2, -0.15) is 0 Å². The van der Waals surface area contributed by atoms with Crippen molar-refractivity contribution in [2.45, 2.75) is 19.3 Å². The van der Waals surface area contributed by atoms with Crippen molar-refractivity contribution >= 4 is 11.8 Å². The Kier molecular flexibility index (Phi) is 2.90. The Labute approximate surface area is 92.8 Å². The zero-order chi connectivity index (χ0) is 11.5. The quantitative estimate of drug-likeness (QED) is 0.823. The van der Waals surface area contributed by atoms with E-state index >= 15 is 0 Å². The number of fused-ring (bicyclic) bond motifs is 1. The maximum atomic E-state index is 11.6. The SMILES string of the molecule is O=C(O)Cc1ccc2c(c1)OCCCC2=O. The molecule has 0 saturated carbocycles. The van der Waals surface area contributed by atoms with Gasteiger partial charge in [0.25, 0.3) is 0 Å². The topological polar surface area (TPSA) is 63.6 Å². The molecule has 1 aliphatic rings. The summed E-state index contributed by atoms with van der Waals surface area (Å²) in [6, 6.07) is 4.97. The van der Waals surface area contributed by atoms with Crippen LogP contribution in [0.25, 0.3) is 0 Å². The van der Waals surface area contributed by atoms with Crippen molar-refractivity contribution in [1.82, 2.24) is 0 Å². The minimum Gasteiger partial charge on any atom is -0.493 e. The molecule has 0 unspecified atom stereocenters. The lowest BCUT2D eigenvalue weighted by atomic mass is 10.0. The number of hydrogen-bond donors (Lipinski definition) is 1. The van der Waals surface area contributed by atoms with E-state index in [1.807, 2.05) is 0 Å². The predicted octanol–water partition coefficient (Wildman–Crippen LogP) is 1.67. The Bertz CT molecular complexity index is 437. The molecule has 2 rings (SSSR count). The molecule has 0 atom stereocenters. The van der Waals surface area contributed by atoms with Gasteiger partial charge >= 0.3 is 5.97 Å². The molecule has 1 aliphatic heterocycles. The third-order valence-electron chi connectivity index (χ3n) is 2.51. The summed E-state index contributed by atoms with van der Waals surface area (Å²) in [6.07, 6.45) is 1.15. The average Bonchev–Trinajstić information content (AvgIpc) is 2.40. The molecular formula is C12H12O4. The first kappa shape index (κ1) is 10.7. The van der Waals surface area contributed by atoms with E-state index in [1.165, 1.54) is 0 Å². The first-order chi connectivity index (χ1) is 7.66. The molecular weight excluding hydrogens is 208 g/mol. The fourth-order valence-corrected chi connectivity index (χ4v) is 1.75. The number of Topliss-reactive ketones (excluding diaryl/α,β-unsaturated/α-hetero) is 1. The molecule has 0 aliphatic carbocycles. The number of rotatable bonds is 2. The second-order valence-corrected chi connectivity index (χ2v) is 3.78. The highest BCUT2D eigenvalue weighted by molar-refractivity contribution is 5.99. The van der Waals surface area contributed by atoms with Gasteiger partial charge in [-0.1, -0.05) is 6.07 Å². The molecule has 0 aromatic heterocycles. The summed E-state index contributed by atoms with van der Waals surface area (Å²) in [6.45, 7) is 0.509. The van der Waals surface area contributed by atoms with Crippen LogP contribution in [-0.2, 0) is 11.2 Å². The van der Waals surface area contributed by atoms with Crippen LogP contribution in [0.1, 0.15) is 28.8 Å². The summed E-state index contributed by atoms with van der Waals surface area (Å²) in [5, 5.41) is 8.67. The molecule has 4 heteroatoms. The second-order valence-electron chi connectivity index (χ2n) is 3.78. The number of carbonyl (C=O) groups is 2. The molecule has 1 aromatic carbocycles. The van der Waals surface area contributed by atoms with E-state index in [2.05, 4.69) is 0 Å². The highest BCUT2D eigenvalue weighted by Gasteiger charge is 2.17. The molecule has 0 saturated heterocycles. The van der Waals surface area contributed by atoms with Gasteiger partial charge in [0.05, 0.1) is 18.6 Å². The number of carboxylic acids is 1. The van der Waals surface area contributed by atoms with E-state index in [4.69, 9.17) is 9.84 Å². The first-order valence-corrected chi connectivity index (χ1v) is 5.17. The normalized spacial score (nSPS) is 14.9. The van der Waals surface area contributed by atoms with E-state index in [9.17, 15) is 9.59 Å². The van der Waals surface area contributed by atoms with Crippen molar-refractivity contribution in [2.75, 3.05) is 6.61 Å². The van der Waals surface area contributed by atoms with Crippen LogP contribution in [0, 0.1) is 0 Å². The highest BCUT2D eigenvalue weighted by Crippen LogP contribution is 2.25. The van der Waals surface area contributed by atoms with Crippen LogP contribution in [0.5, 0.6) is 5.75 Å². The van der Waals surface area contributed by atoms with E-state index in [0.717, 1.165) is 0 Å². The van der Waals surface area contributed by atoms with Crippen molar-refractivity contribution in [3.05, 3.63) is 29.3 Å². The van der Waals surface area contributed by atoms with Gasteiger partial charge in [0.15, 0.2) is 5.78 Å². The summed E-state index contributed by atoms with van der Waals surface area (Å²) in [7, 11) is 0. The smallest absolute Gasteiger partial charge is 0.307 e. The lowest BCUT2D eigenvalue weighted by molar-refractivity contribution is -0.136. The molecule has 0 radical (unpaired) electrons. The average molecular weight is 220 g/mol.